The van der Waals surface area contributed by atoms with E-state index in [4.69, 9.17) is 0 Å². The van der Waals surface area contributed by atoms with Gasteiger partial charge in [0, 0.05) is 23.8 Å². The quantitative estimate of drug-likeness (QED) is 0.707. The van der Waals surface area contributed by atoms with Gasteiger partial charge >= 0.3 is 0 Å². The van der Waals surface area contributed by atoms with Crippen LogP contribution < -0.4 is 10.6 Å². The lowest BCUT2D eigenvalue weighted by Gasteiger charge is -2.38. The van der Waals surface area contributed by atoms with Crippen LogP contribution in [0.1, 0.15) is 70.4 Å². The van der Waals surface area contributed by atoms with Gasteiger partial charge in [0.15, 0.2) is 0 Å². The van der Waals surface area contributed by atoms with Gasteiger partial charge in [-0.05, 0) is 75.5 Å². The zero-order valence-corrected chi connectivity index (χ0v) is 16.2. The van der Waals surface area contributed by atoms with Crippen molar-refractivity contribution < 1.29 is 0 Å². The maximum Gasteiger partial charge on any atom is 0.0824 e. The number of nitriles is 1. The van der Waals surface area contributed by atoms with Crippen LogP contribution in [0.4, 0.5) is 5.69 Å². The largest absolute Gasteiger partial charge is 0.382 e. The molecule has 0 spiro atoms. The molecule has 0 aromatic heterocycles. The monoisotopic (exact) mass is 339 g/mol. The summed E-state index contributed by atoms with van der Waals surface area (Å²) in [5.41, 5.74) is 3.48. The van der Waals surface area contributed by atoms with Gasteiger partial charge in [-0.15, -0.1) is 0 Å². The van der Waals surface area contributed by atoms with E-state index < -0.39 is 0 Å². The molecule has 0 heterocycles. The fraction of sp³-hybridized carbons (Fsp3) is 0.682. The summed E-state index contributed by atoms with van der Waals surface area (Å²) in [6.07, 6.45) is 7.22. The smallest absolute Gasteiger partial charge is 0.0824 e. The molecule has 0 radical (unpaired) electrons. The molecule has 3 rings (SSSR count). The second kappa shape index (κ2) is 7.38. The van der Waals surface area contributed by atoms with E-state index in [2.05, 4.69) is 62.6 Å². The minimum absolute atomic E-state index is 0.197. The first-order valence-corrected chi connectivity index (χ1v) is 9.97. The molecule has 3 heteroatoms. The number of nitrogens with zero attached hydrogens (tertiary/aromatic N) is 1. The van der Waals surface area contributed by atoms with Crippen molar-refractivity contribution in [1.82, 2.24) is 5.32 Å². The maximum absolute atomic E-state index is 9.43. The van der Waals surface area contributed by atoms with Crippen LogP contribution in [-0.2, 0) is 5.41 Å². The molecule has 136 valence electrons. The van der Waals surface area contributed by atoms with Gasteiger partial charge in [0.05, 0.1) is 11.5 Å². The molecule has 1 unspecified atom stereocenters. The summed E-state index contributed by atoms with van der Waals surface area (Å²) in [4.78, 5) is 0. The third kappa shape index (κ3) is 4.36. The van der Waals surface area contributed by atoms with Crippen LogP contribution in [0.15, 0.2) is 18.2 Å². The average Bonchev–Trinajstić information content (AvgIpc) is 3.32. The van der Waals surface area contributed by atoms with Crippen molar-refractivity contribution in [2.24, 2.45) is 5.92 Å². The maximum atomic E-state index is 9.43. The molecule has 0 bridgehead atoms. The van der Waals surface area contributed by atoms with E-state index in [-0.39, 0.29) is 5.41 Å². The topological polar surface area (TPSA) is 47.9 Å². The highest BCUT2D eigenvalue weighted by Gasteiger charge is 2.45. The molecule has 0 saturated heterocycles. The van der Waals surface area contributed by atoms with E-state index in [1.54, 1.807) is 0 Å². The summed E-state index contributed by atoms with van der Waals surface area (Å²) in [6.45, 7) is 8.90. The van der Waals surface area contributed by atoms with Gasteiger partial charge in [-0.25, -0.2) is 0 Å². The van der Waals surface area contributed by atoms with Crippen LogP contribution in [-0.4, -0.2) is 18.1 Å². The molecule has 1 aromatic rings. The van der Waals surface area contributed by atoms with Crippen molar-refractivity contribution in [2.75, 3.05) is 5.32 Å². The van der Waals surface area contributed by atoms with Crippen LogP contribution in [0.2, 0.25) is 0 Å². The van der Waals surface area contributed by atoms with Gasteiger partial charge in [0.25, 0.3) is 0 Å². The molecule has 0 aliphatic heterocycles. The van der Waals surface area contributed by atoms with Gasteiger partial charge in [0.2, 0.25) is 0 Å². The molecule has 2 N–H and O–H groups in total. The van der Waals surface area contributed by atoms with Crippen molar-refractivity contribution in [1.29, 1.82) is 5.26 Å². The molecule has 2 aliphatic carbocycles. The first-order valence-electron chi connectivity index (χ1n) is 9.97. The van der Waals surface area contributed by atoms with Crippen molar-refractivity contribution >= 4 is 5.69 Å². The van der Waals surface area contributed by atoms with Crippen LogP contribution in [0, 0.1) is 24.2 Å². The summed E-state index contributed by atoms with van der Waals surface area (Å²) in [7, 11) is 0. The molecule has 3 nitrogen and oxygen atoms in total. The highest BCUT2D eigenvalue weighted by Crippen LogP contribution is 2.48. The Hall–Kier alpha value is -1.53. The van der Waals surface area contributed by atoms with Gasteiger partial charge in [-0.2, -0.15) is 5.26 Å². The molecular weight excluding hydrogens is 306 g/mol. The van der Waals surface area contributed by atoms with Crippen molar-refractivity contribution in [3.05, 3.63) is 29.3 Å². The standard InChI is InChI=1S/C22H33N3/c1-15(2)24-20-11-18(12-20)7-6-17(4)25-21-13-19(8-5-16(21)3)22(14-23)9-10-22/h5,8,13,15,17-18,20,24-25H,6-7,9-12H2,1-4H3. The van der Waals surface area contributed by atoms with Crippen LogP contribution in [0.25, 0.3) is 0 Å². The molecular formula is C22H33N3. The molecule has 0 amide bonds. The second-order valence-electron chi connectivity index (χ2n) is 8.70. The Balaban J connectivity index is 1.48. The van der Waals surface area contributed by atoms with E-state index in [9.17, 15) is 5.26 Å². The highest BCUT2D eigenvalue weighted by molar-refractivity contribution is 5.56. The van der Waals surface area contributed by atoms with E-state index >= 15 is 0 Å². The minimum Gasteiger partial charge on any atom is -0.382 e. The number of rotatable bonds is 8. The Morgan fingerprint density at radius 3 is 2.56 bits per heavy atom. The summed E-state index contributed by atoms with van der Waals surface area (Å²) in [5.74, 6) is 0.890. The molecule has 2 saturated carbocycles. The van der Waals surface area contributed by atoms with Crippen LogP contribution >= 0.6 is 0 Å². The summed E-state index contributed by atoms with van der Waals surface area (Å²) in [6, 6.07) is 10.8. The van der Waals surface area contributed by atoms with Crippen LogP contribution in [0.5, 0.6) is 0 Å². The molecule has 1 aromatic carbocycles. The molecule has 2 aliphatic rings. The van der Waals surface area contributed by atoms with Crippen molar-refractivity contribution in [3.63, 3.8) is 0 Å². The number of nitrogens with one attached hydrogen (secondary N) is 2. The zero-order chi connectivity index (χ0) is 18.0. The van der Waals surface area contributed by atoms with Crippen LogP contribution in [0.3, 0.4) is 0 Å². The Labute approximate surface area is 153 Å². The average molecular weight is 340 g/mol. The molecule has 1 atom stereocenters. The Morgan fingerprint density at radius 2 is 1.96 bits per heavy atom. The van der Waals surface area contributed by atoms with Gasteiger partial charge in [-0.1, -0.05) is 26.0 Å². The lowest BCUT2D eigenvalue weighted by molar-refractivity contribution is 0.196. The van der Waals surface area contributed by atoms with Crippen molar-refractivity contribution in [2.45, 2.75) is 89.8 Å². The van der Waals surface area contributed by atoms with E-state index in [0.717, 1.165) is 24.8 Å². The third-order valence-electron chi connectivity index (χ3n) is 5.97. The number of benzene rings is 1. The minimum atomic E-state index is -0.197. The van der Waals surface area contributed by atoms with E-state index in [1.807, 2.05) is 0 Å². The predicted octanol–water partition coefficient (Wildman–Crippen LogP) is 4.91. The van der Waals surface area contributed by atoms with Crippen molar-refractivity contribution in [3.8, 4) is 6.07 Å². The van der Waals surface area contributed by atoms with E-state index in [1.165, 1.54) is 42.5 Å². The molecule has 25 heavy (non-hydrogen) atoms. The van der Waals surface area contributed by atoms with Gasteiger partial charge in [-0.3, -0.25) is 0 Å². The number of hydrogen-bond acceptors (Lipinski definition) is 3. The number of aryl methyl sites for hydroxylation is 1. The fourth-order valence-electron chi connectivity index (χ4n) is 4.07. The number of hydrogen-bond donors (Lipinski definition) is 2. The SMILES string of the molecule is Cc1ccc(C2(C#N)CC2)cc1NC(C)CCC1CC(NC(C)C)C1. The first-order chi connectivity index (χ1) is 11.9. The normalized spacial score (nSPS) is 25.1. The predicted molar refractivity (Wildman–Crippen MR) is 105 cm³/mol. The number of anilines is 1. The van der Waals surface area contributed by atoms with Gasteiger partial charge in [0.1, 0.15) is 0 Å². The summed E-state index contributed by atoms with van der Waals surface area (Å²) >= 11 is 0. The summed E-state index contributed by atoms with van der Waals surface area (Å²) < 4.78 is 0. The Bertz CT molecular complexity index is 633. The highest BCUT2D eigenvalue weighted by atomic mass is 15.0. The lowest BCUT2D eigenvalue weighted by Crippen LogP contribution is -2.44. The third-order valence-corrected chi connectivity index (χ3v) is 5.97. The zero-order valence-electron chi connectivity index (χ0n) is 16.2. The molecule has 2 fully saturated rings. The summed E-state index contributed by atoms with van der Waals surface area (Å²) in [5, 5.41) is 16.8. The Morgan fingerprint density at radius 1 is 1.24 bits per heavy atom. The van der Waals surface area contributed by atoms with Gasteiger partial charge < -0.3 is 10.6 Å². The van der Waals surface area contributed by atoms with E-state index in [0.29, 0.717) is 12.1 Å². The lowest BCUT2D eigenvalue weighted by atomic mass is 9.77. The first kappa shape index (κ1) is 18.3. The Kier molecular flexibility index (Phi) is 5.39. The fourth-order valence-corrected chi connectivity index (χ4v) is 4.07. The second-order valence-corrected chi connectivity index (χ2v) is 8.70.